The standard InChI is InChI=1S/C14H26N4/c1-14(2,3)18-8-5-11(6-9-18)13-12(4-7-15)10-16-17-13/h10-11H,4-9,15H2,1-3H3,(H,16,17). The number of H-pyrrole nitrogens is 1. The highest BCUT2D eigenvalue weighted by Gasteiger charge is 2.29. The Morgan fingerprint density at radius 3 is 2.61 bits per heavy atom. The Kier molecular flexibility index (Phi) is 4.07. The molecule has 2 heterocycles. The highest BCUT2D eigenvalue weighted by Crippen LogP contribution is 2.31. The van der Waals surface area contributed by atoms with Crippen molar-refractivity contribution in [1.82, 2.24) is 15.1 Å². The molecule has 3 N–H and O–H groups in total. The maximum atomic E-state index is 5.65. The summed E-state index contributed by atoms with van der Waals surface area (Å²) in [5.74, 6) is 0.632. The van der Waals surface area contributed by atoms with Gasteiger partial charge in [-0.2, -0.15) is 5.10 Å². The molecule has 1 aliphatic rings. The van der Waals surface area contributed by atoms with Crippen LogP contribution in [0.15, 0.2) is 6.20 Å². The zero-order chi connectivity index (χ0) is 13.2. The van der Waals surface area contributed by atoms with E-state index in [0.717, 1.165) is 6.42 Å². The molecule has 4 nitrogen and oxygen atoms in total. The third kappa shape index (κ3) is 2.93. The van der Waals surface area contributed by atoms with Crippen LogP contribution in [0.4, 0.5) is 0 Å². The summed E-state index contributed by atoms with van der Waals surface area (Å²) in [6.07, 6.45) is 5.32. The smallest absolute Gasteiger partial charge is 0.0522 e. The fourth-order valence-electron chi connectivity index (χ4n) is 2.87. The molecule has 4 heteroatoms. The van der Waals surface area contributed by atoms with E-state index in [4.69, 9.17) is 5.73 Å². The van der Waals surface area contributed by atoms with Crippen molar-refractivity contribution in [3.63, 3.8) is 0 Å². The number of nitrogens with two attached hydrogens (primary N) is 1. The van der Waals surface area contributed by atoms with Crippen molar-refractivity contribution in [2.75, 3.05) is 19.6 Å². The molecule has 1 aromatic heterocycles. The van der Waals surface area contributed by atoms with Crippen molar-refractivity contribution >= 4 is 0 Å². The lowest BCUT2D eigenvalue weighted by Crippen LogP contribution is -2.45. The summed E-state index contributed by atoms with van der Waals surface area (Å²) in [7, 11) is 0. The first-order valence-electron chi connectivity index (χ1n) is 6.99. The maximum absolute atomic E-state index is 5.65. The van der Waals surface area contributed by atoms with Crippen LogP contribution in [0.1, 0.15) is 50.8 Å². The molecule has 0 unspecified atom stereocenters. The molecular formula is C14H26N4. The Balaban J connectivity index is 1.99. The molecule has 1 aliphatic heterocycles. The van der Waals surface area contributed by atoms with Crippen molar-refractivity contribution < 1.29 is 0 Å². The van der Waals surface area contributed by atoms with E-state index in [-0.39, 0.29) is 0 Å². The number of nitrogens with one attached hydrogen (secondary N) is 1. The molecular weight excluding hydrogens is 224 g/mol. The van der Waals surface area contributed by atoms with Crippen LogP contribution in [0, 0.1) is 0 Å². The van der Waals surface area contributed by atoms with E-state index in [0.29, 0.717) is 18.0 Å². The van der Waals surface area contributed by atoms with Gasteiger partial charge in [0, 0.05) is 17.2 Å². The quantitative estimate of drug-likeness (QED) is 0.861. The fraction of sp³-hybridized carbons (Fsp3) is 0.786. The van der Waals surface area contributed by atoms with Gasteiger partial charge in [-0.15, -0.1) is 0 Å². The van der Waals surface area contributed by atoms with Gasteiger partial charge in [-0.05, 0) is 65.2 Å². The zero-order valence-corrected chi connectivity index (χ0v) is 11.9. The summed E-state index contributed by atoms with van der Waals surface area (Å²) in [5, 5.41) is 7.38. The SMILES string of the molecule is CC(C)(C)N1CCC(c2[nH]ncc2CCN)CC1. The molecule has 0 aliphatic carbocycles. The lowest BCUT2D eigenvalue weighted by molar-refractivity contribution is 0.101. The maximum Gasteiger partial charge on any atom is 0.0522 e. The summed E-state index contributed by atoms with van der Waals surface area (Å²) < 4.78 is 0. The summed E-state index contributed by atoms with van der Waals surface area (Å²) in [4.78, 5) is 2.57. The minimum atomic E-state index is 0.291. The first-order chi connectivity index (χ1) is 8.52. The second kappa shape index (κ2) is 5.41. The van der Waals surface area contributed by atoms with Crippen LogP contribution in [0.25, 0.3) is 0 Å². The van der Waals surface area contributed by atoms with Gasteiger partial charge in [-0.25, -0.2) is 0 Å². The fourth-order valence-corrected chi connectivity index (χ4v) is 2.87. The monoisotopic (exact) mass is 250 g/mol. The lowest BCUT2D eigenvalue weighted by Gasteiger charge is -2.40. The van der Waals surface area contributed by atoms with E-state index in [1.807, 2.05) is 6.20 Å². The van der Waals surface area contributed by atoms with Crippen molar-refractivity contribution in [3.05, 3.63) is 17.5 Å². The Morgan fingerprint density at radius 1 is 1.39 bits per heavy atom. The lowest BCUT2D eigenvalue weighted by atomic mass is 9.88. The van der Waals surface area contributed by atoms with Gasteiger partial charge < -0.3 is 5.73 Å². The first-order valence-corrected chi connectivity index (χ1v) is 6.99. The van der Waals surface area contributed by atoms with Gasteiger partial charge in [-0.1, -0.05) is 0 Å². The number of hydrogen-bond donors (Lipinski definition) is 2. The van der Waals surface area contributed by atoms with Gasteiger partial charge in [0.1, 0.15) is 0 Å². The summed E-state index contributed by atoms with van der Waals surface area (Å²) in [6.45, 7) is 9.94. The molecule has 1 aromatic rings. The predicted molar refractivity (Wildman–Crippen MR) is 74.6 cm³/mol. The third-order valence-corrected chi connectivity index (χ3v) is 4.02. The van der Waals surface area contributed by atoms with Crippen LogP contribution in [-0.4, -0.2) is 40.3 Å². The Morgan fingerprint density at radius 2 is 2.06 bits per heavy atom. The number of aromatic amines is 1. The van der Waals surface area contributed by atoms with Gasteiger partial charge in [0.2, 0.25) is 0 Å². The second-order valence-corrected chi connectivity index (χ2v) is 6.28. The Bertz CT molecular complexity index is 369. The van der Waals surface area contributed by atoms with E-state index in [2.05, 4.69) is 35.9 Å². The average molecular weight is 250 g/mol. The minimum Gasteiger partial charge on any atom is -0.330 e. The third-order valence-electron chi connectivity index (χ3n) is 4.02. The highest BCUT2D eigenvalue weighted by molar-refractivity contribution is 5.21. The van der Waals surface area contributed by atoms with Crippen molar-refractivity contribution in [3.8, 4) is 0 Å². The summed E-state index contributed by atoms with van der Waals surface area (Å²) in [5.41, 5.74) is 8.58. The molecule has 1 saturated heterocycles. The largest absolute Gasteiger partial charge is 0.330 e. The molecule has 0 aromatic carbocycles. The molecule has 0 amide bonds. The average Bonchev–Trinajstić information content (AvgIpc) is 2.77. The van der Waals surface area contributed by atoms with Crippen LogP contribution in [-0.2, 0) is 6.42 Å². The van der Waals surface area contributed by atoms with E-state index in [1.165, 1.54) is 37.2 Å². The molecule has 0 saturated carbocycles. The van der Waals surface area contributed by atoms with E-state index >= 15 is 0 Å². The molecule has 0 spiro atoms. The van der Waals surface area contributed by atoms with Crippen LogP contribution in [0.5, 0.6) is 0 Å². The molecule has 1 fully saturated rings. The van der Waals surface area contributed by atoms with Crippen LogP contribution in [0.3, 0.4) is 0 Å². The molecule has 0 radical (unpaired) electrons. The normalized spacial score (nSPS) is 19.3. The van der Waals surface area contributed by atoms with Crippen LogP contribution >= 0.6 is 0 Å². The van der Waals surface area contributed by atoms with Crippen LogP contribution < -0.4 is 5.73 Å². The van der Waals surface area contributed by atoms with Gasteiger partial charge in [0.15, 0.2) is 0 Å². The molecule has 2 rings (SSSR count). The number of nitrogens with zero attached hydrogens (tertiary/aromatic N) is 2. The number of aromatic nitrogens is 2. The van der Waals surface area contributed by atoms with E-state index < -0.39 is 0 Å². The minimum absolute atomic E-state index is 0.291. The van der Waals surface area contributed by atoms with Gasteiger partial charge in [-0.3, -0.25) is 10.00 Å². The second-order valence-electron chi connectivity index (χ2n) is 6.28. The number of hydrogen-bond acceptors (Lipinski definition) is 3. The van der Waals surface area contributed by atoms with Crippen molar-refractivity contribution in [2.24, 2.45) is 5.73 Å². The first kappa shape index (κ1) is 13.6. The van der Waals surface area contributed by atoms with Crippen molar-refractivity contribution in [1.29, 1.82) is 0 Å². The van der Waals surface area contributed by atoms with Gasteiger partial charge >= 0.3 is 0 Å². The number of piperidine rings is 1. The van der Waals surface area contributed by atoms with E-state index in [1.54, 1.807) is 0 Å². The summed E-state index contributed by atoms with van der Waals surface area (Å²) >= 11 is 0. The predicted octanol–water partition coefficient (Wildman–Crippen LogP) is 1.89. The Labute approximate surface area is 110 Å². The molecule has 18 heavy (non-hydrogen) atoms. The van der Waals surface area contributed by atoms with Crippen LogP contribution in [0.2, 0.25) is 0 Å². The van der Waals surface area contributed by atoms with E-state index in [9.17, 15) is 0 Å². The molecule has 0 atom stereocenters. The number of rotatable bonds is 3. The Hall–Kier alpha value is -0.870. The molecule has 102 valence electrons. The van der Waals surface area contributed by atoms with Gasteiger partial charge in [0.25, 0.3) is 0 Å². The van der Waals surface area contributed by atoms with Crippen molar-refractivity contribution in [2.45, 2.75) is 51.5 Å². The molecule has 0 bridgehead atoms. The topological polar surface area (TPSA) is 57.9 Å². The zero-order valence-electron chi connectivity index (χ0n) is 11.9. The number of likely N-dealkylation sites (tertiary alicyclic amines) is 1. The summed E-state index contributed by atoms with van der Waals surface area (Å²) in [6, 6.07) is 0. The highest BCUT2D eigenvalue weighted by atomic mass is 15.2. The van der Waals surface area contributed by atoms with Gasteiger partial charge in [0.05, 0.1) is 6.20 Å².